The lowest BCUT2D eigenvalue weighted by Gasteiger charge is -2.23. The van der Waals surface area contributed by atoms with Gasteiger partial charge >= 0.3 is 0 Å². The van der Waals surface area contributed by atoms with Crippen LogP contribution in [-0.4, -0.2) is 23.0 Å². The standard InChI is InChI=1S/C13H23ClN2/c1-10(8-12-9-13(12,3)14)11(2)15-16-6-4-5-7-16/h10,12,15H,2,4-9H2,1,3H3. The highest BCUT2D eigenvalue weighted by atomic mass is 35.5. The van der Waals surface area contributed by atoms with Crippen molar-refractivity contribution < 1.29 is 0 Å². The first kappa shape index (κ1) is 12.3. The van der Waals surface area contributed by atoms with Crippen molar-refractivity contribution in [1.82, 2.24) is 10.4 Å². The van der Waals surface area contributed by atoms with E-state index in [1.807, 2.05) is 0 Å². The fourth-order valence-corrected chi connectivity index (χ4v) is 2.74. The first-order valence-electron chi connectivity index (χ1n) is 6.38. The van der Waals surface area contributed by atoms with Crippen LogP contribution in [0, 0.1) is 11.8 Å². The number of hydrogen-bond donors (Lipinski definition) is 1. The monoisotopic (exact) mass is 242 g/mol. The van der Waals surface area contributed by atoms with Gasteiger partial charge in [0.2, 0.25) is 0 Å². The summed E-state index contributed by atoms with van der Waals surface area (Å²) in [5.41, 5.74) is 4.59. The molecule has 16 heavy (non-hydrogen) atoms. The van der Waals surface area contributed by atoms with Gasteiger partial charge in [-0.25, -0.2) is 5.01 Å². The van der Waals surface area contributed by atoms with Crippen LogP contribution in [0.2, 0.25) is 0 Å². The third kappa shape index (κ3) is 2.92. The minimum absolute atomic E-state index is 0.0716. The van der Waals surface area contributed by atoms with Crippen LogP contribution in [-0.2, 0) is 0 Å². The van der Waals surface area contributed by atoms with Crippen LogP contribution in [0.15, 0.2) is 12.3 Å². The number of nitrogens with one attached hydrogen (secondary N) is 1. The zero-order valence-corrected chi connectivity index (χ0v) is 11.2. The van der Waals surface area contributed by atoms with Gasteiger partial charge in [-0.05, 0) is 44.4 Å². The van der Waals surface area contributed by atoms with E-state index in [4.69, 9.17) is 11.6 Å². The second-order valence-corrected chi connectivity index (χ2v) is 6.51. The summed E-state index contributed by atoms with van der Waals surface area (Å²) in [6, 6.07) is 0. The Morgan fingerprint density at radius 2 is 2.12 bits per heavy atom. The zero-order valence-electron chi connectivity index (χ0n) is 10.4. The molecule has 3 atom stereocenters. The van der Waals surface area contributed by atoms with Crippen molar-refractivity contribution in [3.63, 3.8) is 0 Å². The summed E-state index contributed by atoms with van der Waals surface area (Å²) < 4.78 is 0. The Balaban J connectivity index is 1.72. The topological polar surface area (TPSA) is 15.3 Å². The molecule has 0 aromatic carbocycles. The largest absolute Gasteiger partial charge is 0.323 e. The van der Waals surface area contributed by atoms with Crippen molar-refractivity contribution in [3.8, 4) is 0 Å². The molecule has 2 fully saturated rings. The van der Waals surface area contributed by atoms with Crippen molar-refractivity contribution >= 4 is 11.6 Å². The summed E-state index contributed by atoms with van der Waals surface area (Å²) in [5.74, 6) is 1.20. The predicted molar refractivity (Wildman–Crippen MR) is 69.2 cm³/mol. The lowest BCUT2D eigenvalue weighted by Crippen LogP contribution is -2.36. The predicted octanol–water partition coefficient (Wildman–Crippen LogP) is 3.14. The molecule has 3 unspecified atom stereocenters. The summed E-state index contributed by atoms with van der Waals surface area (Å²) in [6.07, 6.45) is 4.93. The van der Waals surface area contributed by atoms with E-state index in [2.05, 4.69) is 30.9 Å². The Labute approximate surface area is 104 Å². The molecule has 2 aliphatic rings. The maximum atomic E-state index is 6.27. The van der Waals surface area contributed by atoms with E-state index in [0.29, 0.717) is 11.8 Å². The number of alkyl halides is 1. The normalized spacial score (nSPS) is 36.1. The molecular weight excluding hydrogens is 220 g/mol. The van der Waals surface area contributed by atoms with Crippen molar-refractivity contribution in [2.24, 2.45) is 11.8 Å². The van der Waals surface area contributed by atoms with Gasteiger partial charge in [-0.15, -0.1) is 11.6 Å². The number of allylic oxidation sites excluding steroid dienone is 1. The molecule has 1 saturated carbocycles. The van der Waals surface area contributed by atoms with E-state index >= 15 is 0 Å². The van der Waals surface area contributed by atoms with E-state index in [9.17, 15) is 0 Å². The lowest BCUT2D eigenvalue weighted by molar-refractivity contribution is 0.250. The third-order valence-corrected chi connectivity index (χ3v) is 4.44. The van der Waals surface area contributed by atoms with Crippen molar-refractivity contribution in [2.75, 3.05) is 13.1 Å². The Morgan fingerprint density at radius 3 is 2.62 bits per heavy atom. The van der Waals surface area contributed by atoms with Gasteiger partial charge in [0.15, 0.2) is 0 Å². The molecule has 1 aliphatic carbocycles. The first-order chi connectivity index (χ1) is 7.49. The molecule has 3 heteroatoms. The average Bonchev–Trinajstić information content (AvgIpc) is 2.67. The highest BCUT2D eigenvalue weighted by molar-refractivity contribution is 6.25. The SMILES string of the molecule is C=C(NN1CCCC1)C(C)CC1CC1(C)Cl. The molecule has 1 saturated heterocycles. The number of rotatable bonds is 5. The quantitative estimate of drug-likeness (QED) is 0.746. The van der Waals surface area contributed by atoms with Gasteiger partial charge in [-0.1, -0.05) is 13.5 Å². The molecule has 0 amide bonds. The number of nitrogens with zero attached hydrogens (tertiary/aromatic N) is 1. The molecule has 92 valence electrons. The van der Waals surface area contributed by atoms with Crippen LogP contribution in [0.1, 0.15) is 39.5 Å². The zero-order chi connectivity index (χ0) is 11.8. The second-order valence-electron chi connectivity index (χ2n) is 5.65. The first-order valence-corrected chi connectivity index (χ1v) is 6.76. The van der Waals surface area contributed by atoms with E-state index < -0.39 is 0 Å². The van der Waals surface area contributed by atoms with E-state index in [1.165, 1.54) is 19.3 Å². The van der Waals surface area contributed by atoms with Crippen LogP contribution >= 0.6 is 11.6 Å². The smallest absolute Gasteiger partial charge is 0.0451 e. The van der Waals surface area contributed by atoms with Gasteiger partial charge in [0, 0.05) is 23.7 Å². The molecule has 0 bridgehead atoms. The van der Waals surface area contributed by atoms with Crippen molar-refractivity contribution in [3.05, 3.63) is 12.3 Å². The molecule has 2 nitrogen and oxygen atoms in total. The second kappa shape index (κ2) is 4.58. The molecule has 1 heterocycles. The molecular formula is C13H23ClN2. The van der Waals surface area contributed by atoms with Crippen LogP contribution < -0.4 is 5.43 Å². The summed E-state index contributed by atoms with van der Waals surface area (Å²) in [5, 5.41) is 2.28. The Bertz CT molecular complexity index is 269. The van der Waals surface area contributed by atoms with Gasteiger partial charge in [0.25, 0.3) is 0 Å². The van der Waals surface area contributed by atoms with Crippen molar-refractivity contribution in [1.29, 1.82) is 0 Å². The Morgan fingerprint density at radius 1 is 1.56 bits per heavy atom. The molecule has 0 spiro atoms. The van der Waals surface area contributed by atoms with Gasteiger partial charge < -0.3 is 5.43 Å². The van der Waals surface area contributed by atoms with Gasteiger partial charge in [-0.2, -0.15) is 0 Å². The maximum Gasteiger partial charge on any atom is 0.0451 e. The molecule has 2 rings (SSSR count). The fourth-order valence-electron chi connectivity index (χ4n) is 2.46. The number of hydrogen-bond acceptors (Lipinski definition) is 2. The molecule has 1 N–H and O–H groups in total. The highest BCUT2D eigenvalue weighted by Crippen LogP contribution is 2.52. The van der Waals surface area contributed by atoms with Gasteiger partial charge in [0.05, 0.1) is 0 Å². The summed E-state index contributed by atoms with van der Waals surface area (Å²) >= 11 is 6.27. The Kier molecular flexibility index (Phi) is 3.50. The molecule has 0 aromatic heterocycles. The molecule has 1 aliphatic heterocycles. The van der Waals surface area contributed by atoms with Crippen LogP contribution in [0.3, 0.4) is 0 Å². The minimum Gasteiger partial charge on any atom is -0.323 e. The van der Waals surface area contributed by atoms with E-state index in [1.54, 1.807) is 0 Å². The van der Waals surface area contributed by atoms with Crippen LogP contribution in [0.25, 0.3) is 0 Å². The van der Waals surface area contributed by atoms with Gasteiger partial charge in [0.1, 0.15) is 0 Å². The average molecular weight is 243 g/mol. The summed E-state index contributed by atoms with van der Waals surface area (Å²) in [4.78, 5) is 0.0716. The number of hydrazine groups is 1. The van der Waals surface area contributed by atoms with Gasteiger partial charge in [-0.3, -0.25) is 0 Å². The fraction of sp³-hybridized carbons (Fsp3) is 0.846. The van der Waals surface area contributed by atoms with E-state index in [0.717, 1.165) is 25.2 Å². The third-order valence-electron chi connectivity index (χ3n) is 3.98. The highest BCUT2D eigenvalue weighted by Gasteiger charge is 2.48. The lowest BCUT2D eigenvalue weighted by atomic mass is 10.0. The van der Waals surface area contributed by atoms with Crippen LogP contribution in [0.4, 0.5) is 0 Å². The minimum atomic E-state index is 0.0716. The van der Waals surface area contributed by atoms with E-state index in [-0.39, 0.29) is 4.87 Å². The van der Waals surface area contributed by atoms with Crippen molar-refractivity contribution in [2.45, 2.75) is 44.4 Å². The number of halogens is 1. The summed E-state index contributed by atoms with van der Waals surface area (Å²) in [6.45, 7) is 10.8. The Hall–Kier alpha value is -0.210. The molecule has 0 radical (unpaired) electrons. The summed E-state index contributed by atoms with van der Waals surface area (Å²) in [7, 11) is 0. The van der Waals surface area contributed by atoms with Crippen LogP contribution in [0.5, 0.6) is 0 Å². The molecule has 0 aromatic rings. The maximum absolute atomic E-state index is 6.27.